The third-order valence-corrected chi connectivity index (χ3v) is 16.7. The Hall–Kier alpha value is -6.12. The monoisotopic (exact) mass is 996 g/mol. The lowest BCUT2D eigenvalue weighted by molar-refractivity contribution is -0.172. The number of ether oxygens (including phenoxy) is 1. The molecule has 378 valence electrons. The van der Waals surface area contributed by atoms with Gasteiger partial charge in [-0.1, -0.05) is 44.2 Å². The fraction of sp³-hybridized carbons (Fsp3) is 0.509. The van der Waals surface area contributed by atoms with Crippen molar-refractivity contribution in [3.63, 3.8) is 0 Å². The second-order valence-electron chi connectivity index (χ2n) is 20.6. The number of nitriles is 1. The maximum absolute atomic E-state index is 13.7. The molecule has 0 spiro atoms. The van der Waals surface area contributed by atoms with Crippen molar-refractivity contribution in [1.82, 2.24) is 34.9 Å². The number of cyclic esters (lactones) is 1. The predicted octanol–water partition coefficient (Wildman–Crippen LogP) is 7.26. The highest BCUT2D eigenvalue weighted by Gasteiger charge is 2.45. The molecule has 4 aliphatic heterocycles. The zero-order valence-electron chi connectivity index (χ0n) is 41.4. The van der Waals surface area contributed by atoms with Crippen molar-refractivity contribution < 1.29 is 24.5 Å². The van der Waals surface area contributed by atoms with Crippen molar-refractivity contribution >= 4 is 45.9 Å². The normalized spacial score (nSPS) is 21.4. The molecule has 5 aliphatic rings. The zero-order valence-corrected chi connectivity index (χ0v) is 42.2. The van der Waals surface area contributed by atoms with Gasteiger partial charge in [-0.3, -0.25) is 14.5 Å². The Morgan fingerprint density at radius 3 is 2.42 bits per heavy atom. The number of aliphatic hydroxyl groups is 1. The van der Waals surface area contributed by atoms with Crippen LogP contribution < -0.4 is 20.7 Å². The largest absolute Gasteiger partial charge is 0.508 e. The summed E-state index contributed by atoms with van der Waals surface area (Å²) < 4.78 is 6.87. The molecule has 1 amide bonds. The van der Waals surface area contributed by atoms with E-state index in [0.717, 1.165) is 124 Å². The number of phenols is 1. The standard InChI is InChI=1S/C55H65ClN10O6/c1-3-55(71)44-30-48-51-37(32-66(48)53(69)43(44)34-72-54(55)70)28-41-42(49(67)17-15-46(41)59-51)33-64-26-24-63(25-27-64)21-7-5-4-6-8-35-19-22-65(23-20-35)50-18-16-47(60-61-50)52(68)58-38-10-13-39(14-11-38)62(2)40-12-9-36(31-57)45(56)29-40/h9,12,15-18,28-30,35,38-39,67,71H,3-8,10-11,13-14,19-27,32-34H2,1-2H3,(H,58,68)/t38-,39-,55-/m0/s1. The molecule has 1 aliphatic carbocycles. The second-order valence-corrected chi connectivity index (χ2v) is 21.0. The van der Waals surface area contributed by atoms with E-state index in [1.807, 2.05) is 30.3 Å². The molecule has 2 saturated heterocycles. The zero-order chi connectivity index (χ0) is 50.1. The van der Waals surface area contributed by atoms with Gasteiger partial charge in [-0.25, -0.2) is 9.78 Å². The number of halogens is 1. The van der Waals surface area contributed by atoms with Crippen molar-refractivity contribution in [3.05, 3.63) is 103 Å². The van der Waals surface area contributed by atoms with Gasteiger partial charge in [0.15, 0.2) is 17.1 Å². The maximum atomic E-state index is 13.7. The van der Waals surface area contributed by atoms with Crippen LogP contribution >= 0.6 is 11.6 Å². The summed E-state index contributed by atoms with van der Waals surface area (Å²) in [6, 6.07) is 19.1. The predicted molar refractivity (Wildman–Crippen MR) is 276 cm³/mol. The van der Waals surface area contributed by atoms with E-state index in [0.29, 0.717) is 57.9 Å². The first-order chi connectivity index (χ1) is 34.9. The van der Waals surface area contributed by atoms with Crippen LogP contribution in [0.5, 0.6) is 5.75 Å². The molecule has 16 nitrogen and oxygen atoms in total. The van der Waals surface area contributed by atoms with E-state index in [-0.39, 0.29) is 36.3 Å². The number of piperazine rings is 1. The summed E-state index contributed by atoms with van der Waals surface area (Å²) in [6.45, 7) is 9.22. The van der Waals surface area contributed by atoms with E-state index in [9.17, 15) is 29.9 Å². The summed E-state index contributed by atoms with van der Waals surface area (Å²) in [5.41, 5.74) is 3.88. The minimum Gasteiger partial charge on any atom is -0.508 e. The van der Waals surface area contributed by atoms with Crippen LogP contribution in [0.25, 0.3) is 22.3 Å². The fourth-order valence-electron chi connectivity index (χ4n) is 11.7. The molecule has 3 N–H and O–H groups in total. The van der Waals surface area contributed by atoms with Gasteiger partial charge in [0.25, 0.3) is 11.5 Å². The first-order valence-electron chi connectivity index (χ1n) is 26.0. The minimum absolute atomic E-state index is 0.0880. The smallest absolute Gasteiger partial charge is 0.343 e. The molecule has 72 heavy (non-hydrogen) atoms. The number of rotatable bonds is 15. The Balaban J connectivity index is 0.615. The van der Waals surface area contributed by atoms with Crippen LogP contribution in [0, 0.1) is 17.2 Å². The first-order valence-corrected chi connectivity index (χ1v) is 26.4. The molecule has 17 heteroatoms. The third kappa shape index (κ3) is 10.0. The minimum atomic E-state index is -1.88. The van der Waals surface area contributed by atoms with Gasteiger partial charge in [0.2, 0.25) is 0 Å². The van der Waals surface area contributed by atoms with Crippen LogP contribution in [0.4, 0.5) is 11.5 Å². The van der Waals surface area contributed by atoms with Gasteiger partial charge in [0.1, 0.15) is 18.4 Å². The average Bonchev–Trinajstić information content (AvgIpc) is 3.77. The van der Waals surface area contributed by atoms with E-state index >= 15 is 0 Å². The van der Waals surface area contributed by atoms with Crippen LogP contribution in [0.15, 0.2) is 59.4 Å². The molecule has 5 aromatic rings. The summed E-state index contributed by atoms with van der Waals surface area (Å²) >= 11 is 6.28. The fourth-order valence-corrected chi connectivity index (χ4v) is 12.0. The van der Waals surface area contributed by atoms with Crippen LogP contribution in [0.3, 0.4) is 0 Å². The lowest BCUT2D eigenvalue weighted by atomic mass is 9.86. The van der Waals surface area contributed by atoms with Crippen molar-refractivity contribution in [2.75, 3.05) is 62.7 Å². The van der Waals surface area contributed by atoms with E-state index in [1.54, 1.807) is 35.8 Å². The number of fused-ring (bicyclic) bond motifs is 5. The average molecular weight is 998 g/mol. The van der Waals surface area contributed by atoms with Gasteiger partial charge in [0.05, 0.1) is 39.6 Å². The highest BCUT2D eigenvalue weighted by molar-refractivity contribution is 6.32. The molecular formula is C55H65ClN10O6. The highest BCUT2D eigenvalue weighted by atomic mass is 35.5. The topological polar surface area (TPSA) is 193 Å². The quantitative estimate of drug-likeness (QED) is 0.0688. The van der Waals surface area contributed by atoms with E-state index in [4.69, 9.17) is 21.3 Å². The number of carbonyl (C=O) groups is 2. The number of esters is 1. The molecule has 7 heterocycles. The molecule has 3 fully saturated rings. The number of unbranched alkanes of at least 4 members (excludes halogenated alkanes) is 3. The molecule has 1 atom stereocenters. The summed E-state index contributed by atoms with van der Waals surface area (Å²) in [7, 11) is 2.06. The van der Waals surface area contributed by atoms with Crippen molar-refractivity contribution in [2.45, 2.75) is 121 Å². The molecule has 0 unspecified atom stereocenters. The highest BCUT2D eigenvalue weighted by Crippen LogP contribution is 2.40. The number of anilines is 2. The number of hydrogen-bond acceptors (Lipinski definition) is 14. The van der Waals surface area contributed by atoms with Gasteiger partial charge in [-0.05, 0) is 118 Å². The number of carbonyl (C=O) groups excluding carboxylic acids is 2. The molecule has 3 aromatic heterocycles. The van der Waals surface area contributed by atoms with E-state index in [2.05, 4.69) is 48.2 Å². The number of amides is 1. The second kappa shape index (κ2) is 21.2. The van der Waals surface area contributed by atoms with Crippen LogP contribution in [-0.2, 0) is 34.8 Å². The number of phenolic OH excluding ortho intramolecular Hbond substituents is 1. The Bertz CT molecular complexity index is 2940. The first kappa shape index (κ1) is 49.5. The summed E-state index contributed by atoms with van der Waals surface area (Å²) in [5, 5.41) is 44.9. The third-order valence-electron chi connectivity index (χ3n) is 16.3. The molecule has 2 aromatic carbocycles. The van der Waals surface area contributed by atoms with Crippen molar-refractivity contribution in [1.29, 1.82) is 5.26 Å². The maximum Gasteiger partial charge on any atom is 0.343 e. The van der Waals surface area contributed by atoms with E-state index < -0.39 is 11.6 Å². The number of benzene rings is 2. The molecule has 0 radical (unpaired) electrons. The summed E-state index contributed by atoms with van der Waals surface area (Å²) in [4.78, 5) is 53.9. The number of piperidine rings is 1. The summed E-state index contributed by atoms with van der Waals surface area (Å²) in [5.74, 6) is 0.870. The van der Waals surface area contributed by atoms with Gasteiger partial charge >= 0.3 is 5.97 Å². The van der Waals surface area contributed by atoms with Gasteiger partial charge in [0, 0.05) is 92.7 Å². The molecule has 0 bridgehead atoms. The number of nitrogens with one attached hydrogen (secondary N) is 1. The summed E-state index contributed by atoms with van der Waals surface area (Å²) in [6.07, 6.45) is 12.2. The van der Waals surface area contributed by atoms with Crippen molar-refractivity contribution in [2.24, 2.45) is 5.92 Å². The lowest BCUT2D eigenvalue weighted by Crippen LogP contribution is -2.46. The van der Waals surface area contributed by atoms with Crippen LogP contribution in [0.1, 0.15) is 122 Å². The number of aromatic hydroxyl groups is 1. The van der Waals surface area contributed by atoms with Gasteiger partial charge in [-0.15, -0.1) is 10.2 Å². The van der Waals surface area contributed by atoms with E-state index in [1.165, 1.54) is 32.1 Å². The van der Waals surface area contributed by atoms with Crippen LogP contribution in [-0.4, -0.2) is 117 Å². The number of hydrogen-bond donors (Lipinski definition) is 3. The molecular weight excluding hydrogens is 932 g/mol. The SMILES string of the molecule is CC[C@@]1(O)C(=O)OCc2c1cc1n(c2=O)Cc2cc3c(CN4CCN(CCCCCCC5CCN(c6ccc(C(=O)N[C@H]7CC[C@H](N(C)c8ccc(C#N)c(Cl)c8)CC7)nn6)CC5)CC4)c(O)ccc3nc2-1. The van der Waals surface area contributed by atoms with Crippen LogP contribution in [0.2, 0.25) is 5.02 Å². The Labute approximate surface area is 425 Å². The number of nitrogens with zero attached hydrogens (tertiary/aromatic N) is 9. The Morgan fingerprint density at radius 1 is 0.931 bits per heavy atom. The molecule has 1 saturated carbocycles. The molecule has 10 rings (SSSR count). The number of pyridine rings is 2. The van der Waals surface area contributed by atoms with Gasteiger partial charge < -0.3 is 39.5 Å². The Morgan fingerprint density at radius 2 is 1.69 bits per heavy atom. The Kier molecular flexibility index (Phi) is 14.5. The van der Waals surface area contributed by atoms with Crippen molar-refractivity contribution in [3.8, 4) is 23.2 Å². The number of aromatic nitrogens is 4. The lowest BCUT2D eigenvalue weighted by Gasteiger charge is -2.36. The van der Waals surface area contributed by atoms with Gasteiger partial charge in [-0.2, -0.15) is 5.26 Å².